The van der Waals surface area contributed by atoms with Gasteiger partial charge < -0.3 is 5.11 Å². The molecule has 0 aromatic heterocycles. The second kappa shape index (κ2) is 4.95. The van der Waals surface area contributed by atoms with Crippen LogP contribution in [0.3, 0.4) is 0 Å². The van der Waals surface area contributed by atoms with Gasteiger partial charge in [0.25, 0.3) is 0 Å². The fourth-order valence-electron chi connectivity index (χ4n) is 0.989. The van der Waals surface area contributed by atoms with Crippen LogP contribution in [0.1, 0.15) is 12.0 Å². The average molecular weight is 257 g/mol. The van der Waals surface area contributed by atoms with E-state index in [1.165, 1.54) is 0 Å². The Hall–Kier alpha value is -1.91. The van der Waals surface area contributed by atoms with E-state index in [2.05, 4.69) is 11.8 Å². The number of carboxylic acid groups (broad SMARTS) is 1. The van der Waals surface area contributed by atoms with Crippen LogP contribution in [0.15, 0.2) is 23.1 Å². The Morgan fingerprint density at radius 2 is 2.12 bits per heavy atom. The van der Waals surface area contributed by atoms with E-state index in [9.17, 15) is 17.6 Å². The number of carbonyl (C=O) groups is 1. The molecule has 1 aromatic rings. The highest BCUT2D eigenvalue weighted by Gasteiger charge is 2.10. The van der Waals surface area contributed by atoms with Gasteiger partial charge in [0, 0.05) is 0 Å². The fourth-order valence-corrected chi connectivity index (χ4v) is 1.51. The minimum Gasteiger partial charge on any atom is -0.481 e. The normalized spacial score (nSPS) is 10.5. The molecule has 0 amide bonds. The standard InChI is InChI=1S/C10H8FNO4S/c11-9-6-8(17(12,15)16)5-4-7(9)2-1-3-10(13)14/h4-6H,3H2,(H,13,14)(H2,12,15,16). The van der Waals surface area contributed by atoms with Gasteiger partial charge in [0.2, 0.25) is 10.0 Å². The van der Waals surface area contributed by atoms with Crippen LogP contribution < -0.4 is 5.14 Å². The molecule has 0 bridgehead atoms. The van der Waals surface area contributed by atoms with Crippen molar-refractivity contribution in [2.45, 2.75) is 11.3 Å². The summed E-state index contributed by atoms with van der Waals surface area (Å²) in [4.78, 5) is 9.81. The first-order valence-corrected chi connectivity index (χ1v) is 5.88. The number of sulfonamides is 1. The lowest BCUT2D eigenvalue weighted by Gasteiger charge is -1.99. The van der Waals surface area contributed by atoms with Gasteiger partial charge in [0.05, 0.1) is 10.5 Å². The summed E-state index contributed by atoms with van der Waals surface area (Å²) in [6.07, 6.45) is -0.420. The Bertz CT molecular complexity index is 613. The molecule has 0 spiro atoms. The summed E-state index contributed by atoms with van der Waals surface area (Å²) in [7, 11) is -3.96. The largest absolute Gasteiger partial charge is 0.481 e. The summed E-state index contributed by atoms with van der Waals surface area (Å²) < 4.78 is 35.1. The summed E-state index contributed by atoms with van der Waals surface area (Å²) >= 11 is 0. The number of carboxylic acids is 1. The number of nitrogens with two attached hydrogens (primary N) is 1. The Balaban J connectivity index is 3.05. The SMILES string of the molecule is NS(=O)(=O)c1ccc(C#CCC(=O)O)c(F)c1. The Labute approximate surface area is 97.1 Å². The molecule has 1 rings (SSSR count). The second-order valence-electron chi connectivity index (χ2n) is 3.06. The molecular formula is C10H8FNO4S. The van der Waals surface area contributed by atoms with E-state index in [1.54, 1.807) is 0 Å². The second-order valence-corrected chi connectivity index (χ2v) is 4.62. The predicted octanol–water partition coefficient (Wildman–Crippen LogP) is 0.299. The van der Waals surface area contributed by atoms with Crippen LogP contribution in [0.25, 0.3) is 0 Å². The minimum atomic E-state index is -3.96. The third kappa shape index (κ3) is 3.86. The topological polar surface area (TPSA) is 97.5 Å². The number of halogens is 1. The third-order valence-electron chi connectivity index (χ3n) is 1.73. The van der Waals surface area contributed by atoms with Crippen LogP contribution in [0.4, 0.5) is 4.39 Å². The first-order chi connectivity index (χ1) is 7.80. The van der Waals surface area contributed by atoms with Crippen LogP contribution in [-0.4, -0.2) is 19.5 Å². The molecule has 7 heteroatoms. The zero-order valence-electron chi connectivity index (χ0n) is 8.47. The molecule has 0 atom stereocenters. The molecule has 0 aliphatic heterocycles. The highest BCUT2D eigenvalue weighted by atomic mass is 32.2. The molecule has 0 saturated heterocycles. The van der Waals surface area contributed by atoms with Gasteiger partial charge in [-0.2, -0.15) is 0 Å². The van der Waals surface area contributed by atoms with Gasteiger partial charge in [0.1, 0.15) is 12.2 Å². The van der Waals surface area contributed by atoms with E-state index >= 15 is 0 Å². The van der Waals surface area contributed by atoms with E-state index in [4.69, 9.17) is 10.2 Å². The van der Waals surface area contributed by atoms with E-state index in [0.717, 1.165) is 18.2 Å². The van der Waals surface area contributed by atoms with Crippen molar-refractivity contribution in [3.05, 3.63) is 29.6 Å². The molecule has 0 radical (unpaired) electrons. The van der Waals surface area contributed by atoms with Crippen molar-refractivity contribution >= 4 is 16.0 Å². The predicted molar refractivity (Wildman–Crippen MR) is 56.9 cm³/mol. The van der Waals surface area contributed by atoms with Crippen molar-refractivity contribution < 1.29 is 22.7 Å². The van der Waals surface area contributed by atoms with Gasteiger partial charge in [-0.25, -0.2) is 17.9 Å². The summed E-state index contributed by atoms with van der Waals surface area (Å²) in [6.45, 7) is 0. The zero-order chi connectivity index (χ0) is 13.1. The molecule has 0 aliphatic rings. The summed E-state index contributed by atoms with van der Waals surface area (Å²) in [5.41, 5.74) is -0.0846. The van der Waals surface area contributed by atoms with Crippen molar-refractivity contribution in [3.8, 4) is 11.8 Å². The molecule has 0 heterocycles. The van der Waals surface area contributed by atoms with Gasteiger partial charge >= 0.3 is 5.97 Å². The lowest BCUT2D eigenvalue weighted by molar-refractivity contribution is -0.135. The van der Waals surface area contributed by atoms with Gasteiger partial charge in [-0.3, -0.25) is 4.79 Å². The van der Waals surface area contributed by atoms with Crippen LogP contribution in [0.2, 0.25) is 0 Å². The first-order valence-electron chi connectivity index (χ1n) is 4.34. The van der Waals surface area contributed by atoms with E-state index in [1.807, 2.05) is 0 Å². The Kier molecular flexibility index (Phi) is 3.83. The highest BCUT2D eigenvalue weighted by molar-refractivity contribution is 7.89. The van der Waals surface area contributed by atoms with Crippen molar-refractivity contribution in [1.82, 2.24) is 0 Å². The van der Waals surface area contributed by atoms with Crippen LogP contribution in [0, 0.1) is 17.7 Å². The molecule has 1 aromatic carbocycles. The summed E-state index contributed by atoms with van der Waals surface area (Å²) in [6, 6.07) is 2.97. The summed E-state index contributed by atoms with van der Waals surface area (Å²) in [5.74, 6) is 2.52. The molecule has 0 unspecified atom stereocenters. The summed E-state index contributed by atoms with van der Waals surface area (Å²) in [5, 5.41) is 13.1. The number of primary sulfonamides is 1. The minimum absolute atomic E-state index is 0.0846. The number of benzene rings is 1. The van der Waals surface area contributed by atoms with Crippen LogP contribution in [-0.2, 0) is 14.8 Å². The first kappa shape index (κ1) is 13.2. The molecule has 0 saturated carbocycles. The Morgan fingerprint density at radius 3 is 2.59 bits per heavy atom. The monoisotopic (exact) mass is 257 g/mol. The quantitative estimate of drug-likeness (QED) is 0.744. The maximum absolute atomic E-state index is 13.3. The maximum atomic E-state index is 13.3. The van der Waals surface area contributed by atoms with E-state index in [0.29, 0.717) is 0 Å². The number of hydrogen-bond acceptors (Lipinski definition) is 3. The zero-order valence-corrected chi connectivity index (χ0v) is 9.29. The van der Waals surface area contributed by atoms with E-state index < -0.39 is 28.2 Å². The number of rotatable bonds is 2. The van der Waals surface area contributed by atoms with Crippen molar-refractivity contribution in [3.63, 3.8) is 0 Å². The van der Waals surface area contributed by atoms with Crippen LogP contribution in [0.5, 0.6) is 0 Å². The molecule has 17 heavy (non-hydrogen) atoms. The van der Waals surface area contributed by atoms with Gasteiger partial charge in [0.15, 0.2) is 0 Å². The molecule has 90 valence electrons. The molecule has 5 nitrogen and oxygen atoms in total. The molecule has 0 fully saturated rings. The molecular weight excluding hydrogens is 249 g/mol. The number of aliphatic carboxylic acids is 1. The van der Waals surface area contributed by atoms with Crippen molar-refractivity contribution in [2.24, 2.45) is 5.14 Å². The maximum Gasteiger partial charge on any atom is 0.315 e. The lowest BCUT2D eigenvalue weighted by atomic mass is 10.2. The smallest absolute Gasteiger partial charge is 0.315 e. The van der Waals surface area contributed by atoms with E-state index in [-0.39, 0.29) is 10.5 Å². The van der Waals surface area contributed by atoms with Gasteiger partial charge in [-0.05, 0) is 18.2 Å². The molecule has 3 N–H and O–H groups in total. The lowest BCUT2D eigenvalue weighted by Crippen LogP contribution is -2.12. The van der Waals surface area contributed by atoms with Gasteiger partial charge in [-0.15, -0.1) is 0 Å². The van der Waals surface area contributed by atoms with Crippen molar-refractivity contribution in [2.75, 3.05) is 0 Å². The average Bonchev–Trinajstić information content (AvgIpc) is 2.18. The molecule has 0 aliphatic carbocycles. The Morgan fingerprint density at radius 1 is 1.47 bits per heavy atom. The third-order valence-corrected chi connectivity index (χ3v) is 2.64. The van der Waals surface area contributed by atoms with Crippen LogP contribution >= 0.6 is 0 Å². The van der Waals surface area contributed by atoms with Gasteiger partial charge in [-0.1, -0.05) is 11.8 Å². The van der Waals surface area contributed by atoms with Crippen molar-refractivity contribution in [1.29, 1.82) is 0 Å². The highest BCUT2D eigenvalue weighted by Crippen LogP contribution is 2.12. The fraction of sp³-hybridized carbons (Fsp3) is 0.100. The number of hydrogen-bond donors (Lipinski definition) is 2.